The molecule has 0 aromatic heterocycles. The fourth-order valence-electron chi connectivity index (χ4n) is 2.21. The van der Waals surface area contributed by atoms with Crippen molar-refractivity contribution in [3.63, 3.8) is 0 Å². The van der Waals surface area contributed by atoms with Crippen molar-refractivity contribution >= 4 is 10.0 Å². The topological polar surface area (TPSA) is 92.4 Å². The molecule has 6 heteroatoms. The van der Waals surface area contributed by atoms with Crippen LogP contribution in [0, 0.1) is 5.41 Å². The minimum atomic E-state index is -3.62. The van der Waals surface area contributed by atoms with Gasteiger partial charge < -0.3 is 10.4 Å². The average Bonchev–Trinajstić information content (AvgIpc) is 2.48. The summed E-state index contributed by atoms with van der Waals surface area (Å²) < 4.78 is 22.3. The van der Waals surface area contributed by atoms with Gasteiger partial charge >= 0.3 is 0 Å². The van der Waals surface area contributed by atoms with E-state index in [1.165, 1.54) is 12.1 Å². The van der Waals surface area contributed by atoms with Gasteiger partial charge in [0, 0.05) is 18.6 Å². The highest BCUT2D eigenvalue weighted by Crippen LogP contribution is 2.24. The summed E-state index contributed by atoms with van der Waals surface area (Å²) in [6.45, 7) is 5.94. The lowest BCUT2D eigenvalue weighted by atomic mass is 9.83. The van der Waals surface area contributed by atoms with Gasteiger partial charge in [0.05, 0.1) is 4.90 Å². The molecule has 0 atom stereocenters. The first-order valence-corrected chi connectivity index (χ1v) is 8.85. The van der Waals surface area contributed by atoms with Crippen LogP contribution < -0.4 is 10.5 Å². The van der Waals surface area contributed by atoms with Gasteiger partial charge in [-0.3, -0.25) is 0 Å². The summed E-state index contributed by atoms with van der Waals surface area (Å²) in [5, 5.41) is 17.9. The van der Waals surface area contributed by atoms with Crippen molar-refractivity contribution in [1.29, 1.82) is 0 Å². The van der Waals surface area contributed by atoms with Crippen LogP contribution in [0.1, 0.15) is 32.3 Å². The van der Waals surface area contributed by atoms with Crippen molar-refractivity contribution in [2.24, 2.45) is 10.6 Å². The predicted molar refractivity (Wildman–Crippen MR) is 84.5 cm³/mol. The van der Waals surface area contributed by atoms with Crippen molar-refractivity contribution < 1.29 is 13.5 Å². The Labute approximate surface area is 127 Å². The van der Waals surface area contributed by atoms with E-state index >= 15 is 0 Å². The zero-order valence-electron chi connectivity index (χ0n) is 12.8. The third kappa shape index (κ3) is 5.39. The van der Waals surface area contributed by atoms with E-state index in [4.69, 9.17) is 5.14 Å². The van der Waals surface area contributed by atoms with E-state index in [0.717, 1.165) is 37.9 Å². The first-order valence-electron chi connectivity index (χ1n) is 7.30. The second-order valence-electron chi connectivity index (χ2n) is 5.48. The Balaban J connectivity index is 2.46. The molecular weight excluding hydrogens is 288 g/mol. The Kier molecular flexibility index (Phi) is 6.80. The molecule has 0 heterocycles. The van der Waals surface area contributed by atoms with E-state index in [9.17, 15) is 13.5 Å². The van der Waals surface area contributed by atoms with Gasteiger partial charge in [-0.2, -0.15) is 0 Å². The quantitative estimate of drug-likeness (QED) is 0.598. The molecule has 1 rings (SSSR count). The third-order valence-electron chi connectivity index (χ3n) is 4.18. The molecule has 0 saturated carbocycles. The van der Waals surface area contributed by atoms with Gasteiger partial charge in [-0.25, -0.2) is 13.6 Å². The maximum absolute atomic E-state index is 11.2. The molecule has 1 aromatic rings. The van der Waals surface area contributed by atoms with Gasteiger partial charge in [0.15, 0.2) is 0 Å². The highest BCUT2D eigenvalue weighted by atomic mass is 32.2. The lowest BCUT2D eigenvalue weighted by molar-refractivity contribution is 0.113. The van der Waals surface area contributed by atoms with E-state index in [-0.39, 0.29) is 16.9 Å². The lowest BCUT2D eigenvalue weighted by Gasteiger charge is -2.29. The van der Waals surface area contributed by atoms with Crippen molar-refractivity contribution in [2.45, 2.75) is 38.0 Å². The summed E-state index contributed by atoms with van der Waals surface area (Å²) in [6.07, 6.45) is 2.69. The van der Waals surface area contributed by atoms with Crippen LogP contribution in [0.25, 0.3) is 0 Å². The molecule has 120 valence electrons. The van der Waals surface area contributed by atoms with E-state index in [2.05, 4.69) is 19.2 Å². The number of aliphatic hydroxyl groups is 1. The van der Waals surface area contributed by atoms with Crippen LogP contribution >= 0.6 is 0 Å². The Morgan fingerprint density at radius 1 is 1.19 bits per heavy atom. The van der Waals surface area contributed by atoms with Gasteiger partial charge in [-0.1, -0.05) is 26.0 Å². The van der Waals surface area contributed by atoms with Crippen LogP contribution in [0.2, 0.25) is 0 Å². The number of primary sulfonamides is 1. The number of hydrogen-bond donors (Lipinski definition) is 3. The van der Waals surface area contributed by atoms with Crippen LogP contribution in [0.15, 0.2) is 29.2 Å². The van der Waals surface area contributed by atoms with Crippen LogP contribution in [-0.4, -0.2) is 33.2 Å². The molecule has 0 fully saturated rings. The number of rotatable bonds is 9. The van der Waals surface area contributed by atoms with Crippen molar-refractivity contribution in [3.8, 4) is 0 Å². The minimum Gasteiger partial charge on any atom is -0.396 e. The van der Waals surface area contributed by atoms with E-state index in [0.29, 0.717) is 0 Å². The van der Waals surface area contributed by atoms with Crippen LogP contribution in [-0.2, 0) is 16.4 Å². The van der Waals surface area contributed by atoms with Crippen molar-refractivity contribution in [1.82, 2.24) is 5.32 Å². The standard InChI is InChI=1S/C15H26N2O3S/c1-3-15(4-2,12-18)11-17-10-9-13-5-7-14(8-6-13)21(16,19)20/h5-8,17-18H,3-4,9-12H2,1-2H3,(H2,16,19,20). The molecule has 5 nitrogen and oxygen atoms in total. The Hall–Kier alpha value is -0.950. The molecule has 4 N–H and O–H groups in total. The molecule has 0 radical (unpaired) electrons. The zero-order chi connectivity index (χ0) is 15.9. The van der Waals surface area contributed by atoms with Gasteiger partial charge in [-0.15, -0.1) is 0 Å². The van der Waals surface area contributed by atoms with E-state index < -0.39 is 10.0 Å². The summed E-state index contributed by atoms with van der Waals surface area (Å²) in [4.78, 5) is 0.135. The number of nitrogens with one attached hydrogen (secondary N) is 1. The first kappa shape index (κ1) is 18.1. The number of nitrogens with two attached hydrogens (primary N) is 1. The summed E-state index contributed by atoms with van der Waals surface area (Å²) in [7, 11) is -3.62. The summed E-state index contributed by atoms with van der Waals surface area (Å²) in [5.41, 5.74) is 1.01. The SMILES string of the molecule is CCC(CC)(CO)CNCCc1ccc(S(N)(=O)=O)cc1. The highest BCUT2D eigenvalue weighted by Gasteiger charge is 2.24. The summed E-state index contributed by atoms with van der Waals surface area (Å²) >= 11 is 0. The van der Waals surface area contributed by atoms with Crippen molar-refractivity contribution in [3.05, 3.63) is 29.8 Å². The Morgan fingerprint density at radius 2 is 1.76 bits per heavy atom. The smallest absolute Gasteiger partial charge is 0.238 e. The molecular formula is C15H26N2O3S. The van der Waals surface area contributed by atoms with Crippen molar-refractivity contribution in [2.75, 3.05) is 19.7 Å². The molecule has 0 aliphatic carbocycles. The Bertz CT molecular complexity index is 514. The normalized spacial score (nSPS) is 12.6. The minimum absolute atomic E-state index is 0.0442. The second kappa shape index (κ2) is 7.89. The molecule has 21 heavy (non-hydrogen) atoms. The molecule has 0 spiro atoms. The maximum Gasteiger partial charge on any atom is 0.238 e. The van der Waals surface area contributed by atoms with Gasteiger partial charge in [0.1, 0.15) is 0 Å². The molecule has 1 aromatic carbocycles. The Morgan fingerprint density at radius 3 is 2.19 bits per heavy atom. The molecule has 0 unspecified atom stereocenters. The molecule has 0 amide bonds. The van der Waals surface area contributed by atoms with Crippen LogP contribution in [0.3, 0.4) is 0 Å². The second-order valence-corrected chi connectivity index (χ2v) is 7.04. The molecule has 0 aliphatic heterocycles. The fraction of sp³-hybridized carbons (Fsp3) is 0.600. The van der Waals surface area contributed by atoms with E-state index in [1.807, 2.05) is 0 Å². The summed E-state index contributed by atoms with van der Waals surface area (Å²) in [6, 6.07) is 6.61. The fourth-order valence-corrected chi connectivity index (χ4v) is 2.73. The third-order valence-corrected chi connectivity index (χ3v) is 5.11. The van der Waals surface area contributed by atoms with Gasteiger partial charge in [0.25, 0.3) is 0 Å². The average molecular weight is 314 g/mol. The lowest BCUT2D eigenvalue weighted by Crippen LogP contribution is -2.37. The number of sulfonamides is 1. The molecule has 0 aliphatic rings. The number of benzene rings is 1. The van der Waals surface area contributed by atoms with Crippen LogP contribution in [0.4, 0.5) is 0 Å². The maximum atomic E-state index is 11.2. The number of aliphatic hydroxyl groups excluding tert-OH is 1. The van der Waals surface area contributed by atoms with E-state index in [1.54, 1.807) is 12.1 Å². The van der Waals surface area contributed by atoms with Gasteiger partial charge in [0.2, 0.25) is 10.0 Å². The zero-order valence-corrected chi connectivity index (χ0v) is 13.6. The van der Waals surface area contributed by atoms with Gasteiger partial charge in [-0.05, 0) is 43.5 Å². The molecule has 0 saturated heterocycles. The molecule has 0 bridgehead atoms. The largest absolute Gasteiger partial charge is 0.396 e. The highest BCUT2D eigenvalue weighted by molar-refractivity contribution is 7.89. The summed E-state index contributed by atoms with van der Waals surface area (Å²) in [5.74, 6) is 0. The monoisotopic (exact) mass is 314 g/mol. The van der Waals surface area contributed by atoms with Crippen LogP contribution in [0.5, 0.6) is 0 Å². The number of hydrogen-bond acceptors (Lipinski definition) is 4. The predicted octanol–water partition coefficient (Wildman–Crippen LogP) is 1.26. The first-order chi connectivity index (χ1) is 9.87.